The molecule has 3 atom stereocenters. The van der Waals surface area contributed by atoms with Gasteiger partial charge in [0.2, 0.25) is 0 Å². The zero-order valence-electron chi connectivity index (χ0n) is 15.3. The lowest BCUT2D eigenvalue weighted by Gasteiger charge is -2.32. The standard InChI is InChI=1S/C23H20O5/c1-26-18-11-20(28-19(12-24)23(18)25)27-17-10-8-15-6-5-13-3-2-4-14-7-9-16(17)22(15)21(13)14/h2-11,18-19,23-25H,12H2,1H3. The van der Waals surface area contributed by atoms with Crippen molar-refractivity contribution in [3.05, 3.63) is 66.6 Å². The largest absolute Gasteiger partial charge is 0.457 e. The van der Waals surface area contributed by atoms with Gasteiger partial charge in [-0.15, -0.1) is 0 Å². The SMILES string of the molecule is COC1C=C(Oc2ccc3ccc4cccc5ccc2c3c45)OC(CO)C1O. The minimum absolute atomic E-state index is 0.214. The monoisotopic (exact) mass is 376 g/mol. The Balaban J connectivity index is 1.63. The fraction of sp³-hybridized carbons (Fsp3) is 0.217. The third-order valence-electron chi connectivity index (χ3n) is 5.44. The van der Waals surface area contributed by atoms with Gasteiger partial charge in [0.1, 0.15) is 18.0 Å². The van der Waals surface area contributed by atoms with Crippen LogP contribution >= 0.6 is 0 Å². The van der Waals surface area contributed by atoms with Crippen LogP contribution in [0.5, 0.6) is 5.75 Å². The van der Waals surface area contributed by atoms with Crippen molar-refractivity contribution in [2.75, 3.05) is 13.7 Å². The van der Waals surface area contributed by atoms with E-state index in [0.29, 0.717) is 5.75 Å². The van der Waals surface area contributed by atoms with E-state index in [2.05, 4.69) is 42.5 Å². The summed E-state index contributed by atoms with van der Waals surface area (Å²) in [4.78, 5) is 0. The van der Waals surface area contributed by atoms with Gasteiger partial charge in [0.25, 0.3) is 5.95 Å². The van der Waals surface area contributed by atoms with Gasteiger partial charge in [0.15, 0.2) is 6.10 Å². The van der Waals surface area contributed by atoms with Crippen molar-refractivity contribution in [2.24, 2.45) is 0 Å². The molecule has 142 valence electrons. The lowest BCUT2D eigenvalue weighted by atomic mass is 9.94. The first kappa shape index (κ1) is 17.3. The average Bonchev–Trinajstić information content (AvgIpc) is 2.74. The average molecular weight is 376 g/mol. The van der Waals surface area contributed by atoms with E-state index in [1.165, 1.54) is 23.3 Å². The summed E-state index contributed by atoms with van der Waals surface area (Å²) in [5.74, 6) is 0.867. The van der Waals surface area contributed by atoms with Crippen molar-refractivity contribution in [2.45, 2.75) is 18.3 Å². The van der Waals surface area contributed by atoms with Crippen molar-refractivity contribution in [3.63, 3.8) is 0 Å². The molecule has 5 nitrogen and oxygen atoms in total. The second-order valence-corrected chi connectivity index (χ2v) is 7.04. The normalized spacial score (nSPS) is 22.5. The van der Waals surface area contributed by atoms with Crippen molar-refractivity contribution in [1.29, 1.82) is 0 Å². The van der Waals surface area contributed by atoms with Gasteiger partial charge in [-0.2, -0.15) is 0 Å². The Labute approximate surface area is 161 Å². The highest BCUT2D eigenvalue weighted by Gasteiger charge is 2.34. The maximum atomic E-state index is 10.2. The highest BCUT2D eigenvalue weighted by Crippen LogP contribution is 2.39. The zero-order valence-corrected chi connectivity index (χ0v) is 15.3. The molecule has 28 heavy (non-hydrogen) atoms. The van der Waals surface area contributed by atoms with Crippen LogP contribution in [0.25, 0.3) is 32.3 Å². The molecule has 0 aliphatic carbocycles. The number of hydrogen-bond donors (Lipinski definition) is 2. The minimum atomic E-state index is -0.955. The molecule has 0 saturated carbocycles. The van der Waals surface area contributed by atoms with Crippen molar-refractivity contribution >= 4 is 32.3 Å². The molecule has 5 rings (SSSR count). The Hall–Kier alpha value is -2.86. The topological polar surface area (TPSA) is 68.2 Å². The third kappa shape index (κ3) is 2.59. The van der Waals surface area contributed by atoms with Gasteiger partial charge < -0.3 is 24.4 Å². The van der Waals surface area contributed by atoms with Crippen molar-refractivity contribution < 1.29 is 24.4 Å². The van der Waals surface area contributed by atoms with Gasteiger partial charge >= 0.3 is 0 Å². The number of aliphatic hydroxyl groups is 2. The smallest absolute Gasteiger partial charge is 0.283 e. The lowest BCUT2D eigenvalue weighted by molar-refractivity contribution is -0.121. The first-order valence-electron chi connectivity index (χ1n) is 9.24. The minimum Gasteiger partial charge on any atom is -0.457 e. The van der Waals surface area contributed by atoms with Gasteiger partial charge in [-0.25, -0.2) is 0 Å². The summed E-state index contributed by atoms with van der Waals surface area (Å²) >= 11 is 0. The lowest BCUT2D eigenvalue weighted by Crippen LogP contribution is -2.45. The van der Waals surface area contributed by atoms with Crippen LogP contribution in [0.4, 0.5) is 0 Å². The van der Waals surface area contributed by atoms with Crippen LogP contribution < -0.4 is 4.74 Å². The van der Waals surface area contributed by atoms with Crippen LogP contribution in [0.15, 0.2) is 66.6 Å². The van der Waals surface area contributed by atoms with E-state index >= 15 is 0 Å². The maximum absolute atomic E-state index is 10.2. The van der Waals surface area contributed by atoms with Crippen LogP contribution in [0.3, 0.4) is 0 Å². The molecule has 0 aromatic heterocycles. The summed E-state index contributed by atoms with van der Waals surface area (Å²) in [7, 11) is 1.50. The molecule has 4 aromatic carbocycles. The molecule has 0 fully saturated rings. The Kier molecular flexibility index (Phi) is 4.09. The molecule has 2 N–H and O–H groups in total. The number of aliphatic hydroxyl groups excluding tert-OH is 2. The van der Waals surface area contributed by atoms with E-state index < -0.39 is 18.3 Å². The van der Waals surface area contributed by atoms with E-state index in [-0.39, 0.29) is 12.6 Å². The Morgan fingerprint density at radius 3 is 2.32 bits per heavy atom. The van der Waals surface area contributed by atoms with Gasteiger partial charge in [-0.05, 0) is 33.7 Å². The number of ether oxygens (including phenoxy) is 3. The summed E-state index contributed by atoms with van der Waals surface area (Å²) in [6, 6.07) is 18.6. The van der Waals surface area contributed by atoms with E-state index in [4.69, 9.17) is 14.2 Å². The van der Waals surface area contributed by atoms with Crippen LogP contribution in [0, 0.1) is 0 Å². The fourth-order valence-electron chi connectivity index (χ4n) is 4.02. The Bertz CT molecular complexity index is 1170. The Morgan fingerprint density at radius 2 is 1.61 bits per heavy atom. The molecular formula is C23H20O5. The highest BCUT2D eigenvalue weighted by molar-refractivity contribution is 6.24. The van der Waals surface area contributed by atoms with E-state index in [9.17, 15) is 10.2 Å². The molecule has 4 aromatic rings. The second kappa shape index (κ2) is 6.63. The van der Waals surface area contributed by atoms with Crippen LogP contribution in [-0.2, 0) is 9.47 Å². The third-order valence-corrected chi connectivity index (χ3v) is 5.44. The molecule has 0 radical (unpaired) electrons. The van der Waals surface area contributed by atoms with Crippen molar-refractivity contribution in [3.8, 4) is 5.75 Å². The van der Waals surface area contributed by atoms with Gasteiger partial charge in [0, 0.05) is 24.0 Å². The number of methoxy groups -OCH3 is 1. The van der Waals surface area contributed by atoms with Crippen LogP contribution in [0.1, 0.15) is 0 Å². The van der Waals surface area contributed by atoms with E-state index in [0.717, 1.165) is 16.2 Å². The molecule has 0 spiro atoms. The predicted molar refractivity (Wildman–Crippen MR) is 108 cm³/mol. The molecule has 0 saturated heterocycles. The fourth-order valence-corrected chi connectivity index (χ4v) is 4.02. The first-order chi connectivity index (χ1) is 13.7. The molecule has 1 aliphatic rings. The second-order valence-electron chi connectivity index (χ2n) is 7.04. The number of benzene rings is 4. The molecule has 1 aliphatic heterocycles. The summed E-state index contributed by atoms with van der Waals surface area (Å²) in [6.45, 7) is -0.333. The highest BCUT2D eigenvalue weighted by atomic mass is 16.7. The van der Waals surface area contributed by atoms with E-state index in [1.807, 2.05) is 12.1 Å². The summed E-state index contributed by atoms with van der Waals surface area (Å²) < 4.78 is 17.0. The molecule has 0 amide bonds. The summed E-state index contributed by atoms with van der Waals surface area (Å²) in [5, 5.41) is 26.5. The van der Waals surface area contributed by atoms with Gasteiger partial charge in [-0.1, -0.05) is 42.5 Å². The number of hydrogen-bond acceptors (Lipinski definition) is 5. The number of rotatable bonds is 4. The summed E-state index contributed by atoms with van der Waals surface area (Å²) in [6.07, 6.45) is -0.774. The van der Waals surface area contributed by atoms with Crippen molar-refractivity contribution in [1.82, 2.24) is 0 Å². The first-order valence-corrected chi connectivity index (χ1v) is 9.24. The predicted octanol–water partition coefficient (Wildman–Crippen LogP) is 3.57. The molecular weight excluding hydrogens is 356 g/mol. The molecule has 1 heterocycles. The Morgan fingerprint density at radius 1 is 0.929 bits per heavy atom. The molecule has 0 bridgehead atoms. The van der Waals surface area contributed by atoms with Gasteiger partial charge in [0.05, 0.1) is 6.61 Å². The molecule has 3 unspecified atom stereocenters. The molecule has 5 heteroatoms. The zero-order chi connectivity index (χ0) is 19.3. The quantitative estimate of drug-likeness (QED) is 0.533. The van der Waals surface area contributed by atoms with Crippen LogP contribution in [-0.4, -0.2) is 42.2 Å². The van der Waals surface area contributed by atoms with Crippen LogP contribution in [0.2, 0.25) is 0 Å². The summed E-state index contributed by atoms with van der Waals surface area (Å²) in [5.41, 5.74) is 0. The van der Waals surface area contributed by atoms with Gasteiger partial charge in [-0.3, -0.25) is 0 Å². The maximum Gasteiger partial charge on any atom is 0.283 e. The van der Waals surface area contributed by atoms with E-state index in [1.54, 1.807) is 6.08 Å².